The summed E-state index contributed by atoms with van der Waals surface area (Å²) in [4.78, 5) is 11.7. The molecule has 2 rings (SSSR count). The number of nitriles is 1. The van der Waals surface area contributed by atoms with Gasteiger partial charge in [0.2, 0.25) is 0 Å². The number of aryl methyl sites for hydroxylation is 2. The molecule has 0 heterocycles. The molecule has 0 aliphatic carbocycles. The average Bonchev–Trinajstić information content (AvgIpc) is 2.72. The molecule has 0 radical (unpaired) electrons. The summed E-state index contributed by atoms with van der Waals surface area (Å²) in [6, 6.07) is 13.9. The second-order valence-corrected chi connectivity index (χ2v) is 7.60. The van der Waals surface area contributed by atoms with E-state index in [4.69, 9.17) is 10.1 Å². The van der Waals surface area contributed by atoms with Crippen molar-refractivity contribution >= 4 is 17.7 Å². The number of hydrogen-bond acceptors (Lipinski definition) is 5. The Morgan fingerprint density at radius 1 is 1.23 bits per heavy atom. The first-order valence-electron chi connectivity index (χ1n) is 10.6. The Morgan fingerprint density at radius 2 is 2.03 bits per heavy atom. The zero-order chi connectivity index (χ0) is 21.9. The van der Waals surface area contributed by atoms with Gasteiger partial charge in [-0.1, -0.05) is 25.1 Å². The normalized spacial score (nSPS) is 10.5. The molecule has 0 saturated carbocycles. The van der Waals surface area contributed by atoms with E-state index in [1.165, 1.54) is 6.21 Å². The van der Waals surface area contributed by atoms with E-state index in [9.17, 15) is 10.1 Å². The molecule has 2 aromatic rings. The first-order valence-corrected chi connectivity index (χ1v) is 10.6. The number of hydrogen-bond donors (Lipinski definition) is 2. The number of rotatable bonds is 12. The van der Waals surface area contributed by atoms with Gasteiger partial charge in [0.05, 0.1) is 11.7 Å². The van der Waals surface area contributed by atoms with E-state index in [2.05, 4.69) is 11.4 Å². The molecule has 0 aliphatic rings. The number of anilines is 1. The van der Waals surface area contributed by atoms with Crippen LogP contribution < -0.4 is 10.1 Å². The Kier molecular flexibility index (Phi) is 9.08. The third kappa shape index (κ3) is 6.73. The number of carbonyl (C=O) groups excluding carboxylic acids is 1. The Morgan fingerprint density at radius 3 is 2.70 bits per heavy atom. The fourth-order valence-corrected chi connectivity index (χ4v) is 3.35. The summed E-state index contributed by atoms with van der Waals surface area (Å²) in [5.41, 5.74) is 4.39. The van der Waals surface area contributed by atoms with Crippen molar-refractivity contribution in [3.63, 3.8) is 0 Å². The molecule has 0 amide bonds. The highest BCUT2D eigenvalue weighted by molar-refractivity contribution is 5.88. The maximum atomic E-state index is 11.7. The number of nitrogens with one attached hydrogen (secondary N) is 2. The van der Waals surface area contributed by atoms with Gasteiger partial charge in [-0.15, -0.1) is 0 Å². The Labute approximate surface area is 179 Å². The minimum Gasteiger partial charge on any atom is -0.490 e. The Bertz CT molecular complexity index is 913. The van der Waals surface area contributed by atoms with E-state index in [1.807, 2.05) is 57.2 Å². The minimum absolute atomic E-state index is 0.0191. The topological polar surface area (TPSA) is 86.0 Å². The van der Waals surface area contributed by atoms with Gasteiger partial charge in [-0.05, 0) is 62.4 Å². The first kappa shape index (κ1) is 23.2. The molecular formula is C25H31N3O2. The van der Waals surface area contributed by atoms with Crippen LogP contribution in [0.15, 0.2) is 36.4 Å². The lowest BCUT2D eigenvalue weighted by Crippen LogP contribution is -2.10. The summed E-state index contributed by atoms with van der Waals surface area (Å²) in [6.45, 7) is 6.46. The summed E-state index contributed by atoms with van der Waals surface area (Å²) in [5.74, 6) is 0.871. The van der Waals surface area contributed by atoms with Gasteiger partial charge in [0.1, 0.15) is 17.6 Å². The van der Waals surface area contributed by atoms with Crippen molar-refractivity contribution in [2.45, 2.75) is 59.0 Å². The maximum absolute atomic E-state index is 11.7. The number of carbonyl (C=O) groups is 1. The van der Waals surface area contributed by atoms with Crippen LogP contribution in [0.4, 0.5) is 5.69 Å². The molecule has 2 N–H and O–H groups in total. The van der Waals surface area contributed by atoms with Gasteiger partial charge in [-0.2, -0.15) is 5.26 Å². The second kappa shape index (κ2) is 11.8. The van der Waals surface area contributed by atoms with Crippen molar-refractivity contribution in [3.8, 4) is 11.8 Å². The van der Waals surface area contributed by atoms with E-state index in [0.717, 1.165) is 41.6 Å². The lowest BCUT2D eigenvalue weighted by atomic mass is 9.98. The lowest BCUT2D eigenvalue weighted by molar-refractivity contribution is -0.118. The summed E-state index contributed by atoms with van der Waals surface area (Å²) >= 11 is 0. The summed E-state index contributed by atoms with van der Waals surface area (Å²) in [5, 5.41) is 20.6. The van der Waals surface area contributed by atoms with E-state index < -0.39 is 0 Å². The van der Waals surface area contributed by atoms with Crippen molar-refractivity contribution in [1.82, 2.24) is 0 Å². The third-order valence-corrected chi connectivity index (χ3v) is 4.80. The van der Waals surface area contributed by atoms with Crippen molar-refractivity contribution in [2.75, 3.05) is 11.9 Å². The van der Waals surface area contributed by atoms with E-state index in [-0.39, 0.29) is 11.9 Å². The highest BCUT2D eigenvalue weighted by Crippen LogP contribution is 2.23. The zero-order valence-electron chi connectivity index (χ0n) is 18.1. The molecule has 0 saturated heterocycles. The molecule has 2 aromatic carbocycles. The van der Waals surface area contributed by atoms with Crippen molar-refractivity contribution in [3.05, 3.63) is 58.7 Å². The van der Waals surface area contributed by atoms with Gasteiger partial charge < -0.3 is 15.5 Å². The van der Waals surface area contributed by atoms with Crippen LogP contribution in [0.3, 0.4) is 0 Å². The predicted octanol–water partition coefficient (Wildman–Crippen LogP) is 5.30. The smallest absolute Gasteiger partial charge is 0.137 e. The van der Waals surface area contributed by atoms with Gasteiger partial charge in [0.25, 0.3) is 0 Å². The standard InChI is InChI=1S/C25H31N3O2/c1-4-6-22(29)13-14-28-24-8-5-7-20(23(24)17-27)11-9-19-10-12-25(30-18(2)3)21(15-19)16-26/h5,7-8,10,12,15,17-18,27-28H,4,6,9,11,13-14H2,1-3H3. The molecule has 0 aromatic heterocycles. The summed E-state index contributed by atoms with van der Waals surface area (Å²) in [7, 11) is 0. The van der Waals surface area contributed by atoms with Crippen LogP contribution in [0.1, 0.15) is 62.3 Å². The third-order valence-electron chi connectivity index (χ3n) is 4.80. The molecule has 0 unspecified atom stereocenters. The fraction of sp³-hybridized carbons (Fsp3) is 0.400. The lowest BCUT2D eigenvalue weighted by Gasteiger charge is -2.14. The van der Waals surface area contributed by atoms with E-state index >= 15 is 0 Å². The highest BCUT2D eigenvalue weighted by Gasteiger charge is 2.10. The van der Waals surface area contributed by atoms with Crippen molar-refractivity contribution in [1.29, 1.82) is 10.7 Å². The molecule has 0 aliphatic heterocycles. The Balaban J connectivity index is 2.07. The Hall–Kier alpha value is -3.13. The van der Waals surface area contributed by atoms with Crippen molar-refractivity contribution < 1.29 is 9.53 Å². The SMILES string of the molecule is CCCC(=O)CCNc1cccc(CCc2ccc(OC(C)C)c(C#N)c2)c1C=N. The van der Waals surface area contributed by atoms with Crippen LogP contribution in [0.2, 0.25) is 0 Å². The predicted molar refractivity (Wildman–Crippen MR) is 122 cm³/mol. The fourth-order valence-electron chi connectivity index (χ4n) is 3.35. The van der Waals surface area contributed by atoms with Gasteiger partial charge in [0, 0.05) is 36.9 Å². The molecule has 0 spiro atoms. The molecule has 5 nitrogen and oxygen atoms in total. The molecule has 0 atom stereocenters. The van der Waals surface area contributed by atoms with Crippen LogP contribution in [0.5, 0.6) is 5.75 Å². The van der Waals surface area contributed by atoms with Gasteiger partial charge in [-0.3, -0.25) is 4.79 Å². The average molecular weight is 406 g/mol. The summed E-state index contributed by atoms with van der Waals surface area (Å²) < 4.78 is 5.69. The van der Waals surface area contributed by atoms with E-state index in [1.54, 1.807) is 0 Å². The first-order chi connectivity index (χ1) is 14.5. The number of Topliss-reactive ketones (excluding diaryl/α,β-unsaturated/α-hetero) is 1. The number of benzene rings is 2. The van der Waals surface area contributed by atoms with Crippen LogP contribution in [0.25, 0.3) is 0 Å². The molecular weight excluding hydrogens is 374 g/mol. The largest absolute Gasteiger partial charge is 0.490 e. The molecule has 0 bridgehead atoms. The van der Waals surface area contributed by atoms with Gasteiger partial charge in [0.15, 0.2) is 0 Å². The van der Waals surface area contributed by atoms with Crippen LogP contribution in [0, 0.1) is 16.7 Å². The number of ether oxygens (including phenoxy) is 1. The maximum Gasteiger partial charge on any atom is 0.137 e. The van der Waals surface area contributed by atoms with Crippen LogP contribution in [-0.4, -0.2) is 24.6 Å². The molecule has 0 fully saturated rings. The van der Waals surface area contributed by atoms with Crippen molar-refractivity contribution in [2.24, 2.45) is 0 Å². The zero-order valence-corrected chi connectivity index (χ0v) is 18.1. The molecule has 30 heavy (non-hydrogen) atoms. The second-order valence-electron chi connectivity index (χ2n) is 7.60. The van der Waals surface area contributed by atoms with Gasteiger partial charge >= 0.3 is 0 Å². The summed E-state index contributed by atoms with van der Waals surface area (Å²) in [6.07, 6.45) is 4.89. The minimum atomic E-state index is 0.0191. The molecule has 158 valence electrons. The molecule has 5 heteroatoms. The quantitative estimate of drug-likeness (QED) is 0.469. The highest BCUT2D eigenvalue weighted by atomic mass is 16.5. The van der Waals surface area contributed by atoms with E-state index in [0.29, 0.717) is 30.7 Å². The van der Waals surface area contributed by atoms with Gasteiger partial charge in [-0.25, -0.2) is 0 Å². The van der Waals surface area contributed by atoms with Crippen LogP contribution in [-0.2, 0) is 17.6 Å². The monoisotopic (exact) mass is 405 g/mol. The number of nitrogens with zero attached hydrogens (tertiary/aromatic N) is 1. The van der Waals surface area contributed by atoms with Crippen LogP contribution >= 0.6 is 0 Å². The number of ketones is 1.